The first kappa shape index (κ1) is 5.38. The minimum atomic E-state index is -0.410. The molecule has 0 aromatic rings. The second-order valence-electron chi connectivity index (χ2n) is 2.42. The van der Waals surface area contributed by atoms with Gasteiger partial charge in [-0.2, -0.15) is 0 Å². The zero-order valence-electron chi connectivity index (χ0n) is 5.22. The summed E-state index contributed by atoms with van der Waals surface area (Å²) in [6.07, 6.45) is 0.331. The van der Waals surface area contributed by atoms with Gasteiger partial charge in [0.05, 0.1) is 0 Å². The zero-order valence-corrected chi connectivity index (χ0v) is 5.22. The lowest BCUT2D eigenvalue weighted by molar-refractivity contribution is -0.119. The van der Waals surface area contributed by atoms with Gasteiger partial charge in [-0.15, -0.1) is 0 Å². The molecular formula is C6H8O3. The molecule has 0 aromatic heterocycles. The Balaban J connectivity index is 1.96. The van der Waals surface area contributed by atoms with Gasteiger partial charge in [0.2, 0.25) is 5.79 Å². The summed E-state index contributed by atoms with van der Waals surface area (Å²) in [5.74, 6) is -0.250. The molecule has 2 heterocycles. The van der Waals surface area contributed by atoms with Gasteiger partial charge >= 0.3 is 0 Å². The summed E-state index contributed by atoms with van der Waals surface area (Å²) in [5.41, 5.74) is 0. The maximum absolute atomic E-state index is 10.8. The third-order valence-electron chi connectivity index (χ3n) is 1.73. The van der Waals surface area contributed by atoms with Crippen LogP contribution in [0, 0.1) is 0 Å². The Morgan fingerprint density at radius 2 is 2.56 bits per heavy atom. The van der Waals surface area contributed by atoms with Crippen LogP contribution in [0.25, 0.3) is 0 Å². The highest BCUT2D eigenvalue weighted by Crippen LogP contribution is 2.49. The lowest BCUT2D eigenvalue weighted by Gasteiger charge is -1.82. The quantitative estimate of drug-likeness (QED) is 0.495. The molecule has 2 aliphatic heterocycles. The van der Waals surface area contributed by atoms with Crippen LogP contribution < -0.4 is 0 Å². The Bertz CT molecular complexity index is 160. The molecule has 2 aliphatic rings. The fourth-order valence-corrected chi connectivity index (χ4v) is 0.952. The summed E-state index contributed by atoms with van der Waals surface area (Å²) in [7, 11) is 0. The van der Waals surface area contributed by atoms with Gasteiger partial charge in [-0.3, -0.25) is 4.79 Å². The van der Waals surface area contributed by atoms with E-state index in [9.17, 15) is 4.79 Å². The normalized spacial score (nSPS) is 45.2. The Labute approximate surface area is 52.9 Å². The maximum Gasteiger partial charge on any atom is 0.227 e. The summed E-state index contributed by atoms with van der Waals surface area (Å²) in [6, 6.07) is 0. The SMILES string of the molecule is CCC(=O)C1OC12CO2. The smallest absolute Gasteiger partial charge is 0.227 e. The van der Waals surface area contributed by atoms with Crippen LogP contribution in [0.5, 0.6) is 0 Å². The average molecular weight is 128 g/mol. The number of hydrogen-bond acceptors (Lipinski definition) is 3. The number of epoxide rings is 2. The number of ether oxygens (including phenoxy) is 2. The monoisotopic (exact) mass is 128 g/mol. The Morgan fingerprint density at radius 1 is 1.89 bits per heavy atom. The van der Waals surface area contributed by atoms with Crippen LogP contribution in [0.15, 0.2) is 0 Å². The van der Waals surface area contributed by atoms with Crippen molar-refractivity contribution in [2.45, 2.75) is 25.2 Å². The van der Waals surface area contributed by atoms with E-state index in [2.05, 4.69) is 0 Å². The molecule has 3 heteroatoms. The molecule has 0 amide bonds. The predicted molar refractivity (Wildman–Crippen MR) is 28.9 cm³/mol. The molecule has 9 heavy (non-hydrogen) atoms. The Hall–Kier alpha value is -0.410. The molecule has 0 aromatic carbocycles. The van der Waals surface area contributed by atoms with Crippen LogP contribution in [0.4, 0.5) is 0 Å². The van der Waals surface area contributed by atoms with Crippen molar-refractivity contribution in [2.24, 2.45) is 0 Å². The third kappa shape index (κ3) is 0.618. The molecule has 2 saturated heterocycles. The summed E-state index contributed by atoms with van der Waals surface area (Å²) < 4.78 is 9.90. The van der Waals surface area contributed by atoms with Crippen LogP contribution in [0.1, 0.15) is 13.3 Å². The molecule has 0 radical (unpaired) electrons. The van der Waals surface area contributed by atoms with Crippen molar-refractivity contribution >= 4 is 5.78 Å². The summed E-state index contributed by atoms with van der Waals surface area (Å²) in [5, 5.41) is 0. The van der Waals surface area contributed by atoms with Gasteiger partial charge in [-0.1, -0.05) is 6.92 Å². The molecular weight excluding hydrogens is 120 g/mol. The van der Waals surface area contributed by atoms with E-state index in [0.29, 0.717) is 13.0 Å². The first-order chi connectivity index (χ1) is 4.28. The fourth-order valence-electron chi connectivity index (χ4n) is 0.952. The highest BCUT2D eigenvalue weighted by molar-refractivity contribution is 5.86. The van der Waals surface area contributed by atoms with E-state index in [1.54, 1.807) is 0 Å². The van der Waals surface area contributed by atoms with Gasteiger partial charge < -0.3 is 9.47 Å². The van der Waals surface area contributed by atoms with E-state index in [0.717, 1.165) is 0 Å². The van der Waals surface area contributed by atoms with Gasteiger partial charge in [-0.05, 0) is 0 Å². The van der Waals surface area contributed by atoms with E-state index < -0.39 is 5.79 Å². The van der Waals surface area contributed by atoms with Gasteiger partial charge in [0.15, 0.2) is 11.9 Å². The van der Waals surface area contributed by atoms with Crippen molar-refractivity contribution < 1.29 is 14.3 Å². The van der Waals surface area contributed by atoms with Crippen molar-refractivity contribution in [3.8, 4) is 0 Å². The number of rotatable bonds is 2. The molecule has 0 saturated carbocycles. The lowest BCUT2D eigenvalue weighted by atomic mass is 10.2. The molecule has 2 atom stereocenters. The molecule has 50 valence electrons. The third-order valence-corrected chi connectivity index (χ3v) is 1.73. The molecule has 0 aliphatic carbocycles. The predicted octanol–water partition coefficient (Wildman–Crippen LogP) is 0.0908. The number of Topliss-reactive ketones (excluding diaryl/α,β-unsaturated/α-hetero) is 1. The minimum Gasteiger partial charge on any atom is -0.339 e. The van der Waals surface area contributed by atoms with Crippen molar-refractivity contribution in [3.63, 3.8) is 0 Å². The highest BCUT2D eigenvalue weighted by atomic mass is 16.9. The Morgan fingerprint density at radius 3 is 2.89 bits per heavy atom. The van der Waals surface area contributed by atoms with Crippen molar-refractivity contribution in [3.05, 3.63) is 0 Å². The minimum absolute atomic E-state index is 0.160. The number of carbonyl (C=O) groups is 1. The Kier molecular flexibility index (Phi) is 0.811. The first-order valence-electron chi connectivity index (χ1n) is 3.13. The average Bonchev–Trinajstić information content (AvgIpc) is 2.74. The van der Waals surface area contributed by atoms with E-state index in [1.807, 2.05) is 6.92 Å². The summed E-state index contributed by atoms with van der Waals surface area (Å²) >= 11 is 0. The van der Waals surface area contributed by atoms with E-state index in [4.69, 9.17) is 9.47 Å². The van der Waals surface area contributed by atoms with Crippen molar-refractivity contribution in [1.82, 2.24) is 0 Å². The molecule has 2 rings (SSSR count). The van der Waals surface area contributed by atoms with Gasteiger partial charge in [0.25, 0.3) is 0 Å². The summed E-state index contributed by atoms with van der Waals surface area (Å²) in [6.45, 7) is 2.45. The lowest BCUT2D eigenvalue weighted by Crippen LogP contribution is -2.08. The molecule has 2 fully saturated rings. The molecule has 2 unspecified atom stereocenters. The molecule has 0 N–H and O–H groups in total. The second kappa shape index (κ2) is 1.36. The van der Waals surface area contributed by atoms with E-state index in [-0.39, 0.29) is 11.9 Å². The topological polar surface area (TPSA) is 42.1 Å². The van der Waals surface area contributed by atoms with Crippen LogP contribution in [-0.2, 0) is 14.3 Å². The van der Waals surface area contributed by atoms with Gasteiger partial charge in [-0.25, -0.2) is 0 Å². The van der Waals surface area contributed by atoms with Crippen LogP contribution >= 0.6 is 0 Å². The van der Waals surface area contributed by atoms with Crippen LogP contribution in [0.3, 0.4) is 0 Å². The maximum atomic E-state index is 10.8. The van der Waals surface area contributed by atoms with Crippen molar-refractivity contribution in [1.29, 1.82) is 0 Å². The highest BCUT2D eigenvalue weighted by Gasteiger charge is 2.71. The number of carbonyl (C=O) groups excluding carboxylic acids is 1. The van der Waals surface area contributed by atoms with Crippen molar-refractivity contribution in [2.75, 3.05) is 6.61 Å². The van der Waals surface area contributed by atoms with Crippen LogP contribution in [0.2, 0.25) is 0 Å². The number of ketones is 1. The zero-order chi connectivity index (χ0) is 6.48. The fraction of sp³-hybridized carbons (Fsp3) is 0.833. The standard InChI is InChI=1S/C6H8O3/c1-2-4(7)5-6(9-5)3-8-6/h5H,2-3H2,1H3. The van der Waals surface area contributed by atoms with E-state index >= 15 is 0 Å². The molecule has 0 bridgehead atoms. The summed E-state index contributed by atoms with van der Waals surface area (Å²) in [4.78, 5) is 10.8. The molecule has 1 spiro atoms. The molecule has 3 nitrogen and oxygen atoms in total. The first-order valence-corrected chi connectivity index (χ1v) is 3.13. The van der Waals surface area contributed by atoms with Crippen LogP contribution in [-0.4, -0.2) is 24.3 Å². The second-order valence-corrected chi connectivity index (χ2v) is 2.42. The largest absolute Gasteiger partial charge is 0.339 e. The van der Waals surface area contributed by atoms with Gasteiger partial charge in [0, 0.05) is 6.42 Å². The van der Waals surface area contributed by atoms with E-state index in [1.165, 1.54) is 0 Å². The number of hydrogen-bond donors (Lipinski definition) is 0. The van der Waals surface area contributed by atoms with Gasteiger partial charge in [0.1, 0.15) is 6.61 Å².